The molecule has 2 unspecified atom stereocenters. The minimum Gasteiger partial charge on any atom is -0.496 e. The van der Waals surface area contributed by atoms with E-state index in [0.29, 0.717) is 111 Å². The molecule has 4 amide bonds. The van der Waals surface area contributed by atoms with Gasteiger partial charge in [0.15, 0.2) is 0 Å². The summed E-state index contributed by atoms with van der Waals surface area (Å²) in [5, 5.41) is 15.1. The number of nitrogens with one attached hydrogen (secondary N) is 4. The fourth-order valence-electron chi connectivity index (χ4n) is 16.4. The van der Waals surface area contributed by atoms with Crippen LogP contribution in [0.25, 0.3) is 43.8 Å². The zero-order valence-corrected chi connectivity index (χ0v) is 63.8. The van der Waals surface area contributed by atoms with Crippen molar-refractivity contribution in [1.82, 2.24) is 29.6 Å². The van der Waals surface area contributed by atoms with Crippen molar-refractivity contribution in [1.29, 1.82) is 0 Å². The van der Waals surface area contributed by atoms with Crippen LogP contribution in [0.1, 0.15) is 93.7 Å². The Balaban J connectivity index is 0.000000190. The molecule has 6 fully saturated rings. The lowest BCUT2D eigenvalue weighted by atomic mass is 9.87. The maximum Gasteiger partial charge on any atom is 0.258 e. The van der Waals surface area contributed by atoms with Gasteiger partial charge >= 0.3 is 0 Å². The van der Waals surface area contributed by atoms with Crippen LogP contribution in [0.15, 0.2) is 119 Å². The standard InChI is InChI=1S/C42H47ClFN5O5.C41H44Cl2FN5O5/c1-25-4-6-30-31(18-25)33(23-47(2)42(30)53)28-20-35(44)32(39(21-28)54-3)19-26-10-14-48(15-11-26)24-38(50)27-12-16-49(17-13-27)37-8-5-29(22-34(37)43)45-36-7-9-40(51)46-41(36)52;1-47-22-32(30-20-27(44)3-5-29(30)41(47)53)26-18-33(42)31(38(19-26)54-2)17-24-9-13-48(14-10-24)23-37(50)25-11-15-49(16-12-25)36-7-4-28(21-34(36)43)45-35-6-8-39(51)46-40(35)52/h4-6,8,18,20-23,26-27,36,45H,7,9-17,19,24H2,1-3H3,(H,46,51,52);3-5,7,18-22,24-25,35,45H,6,8-17,23H2,1-2H3,(H,46,51,52). The predicted octanol–water partition coefficient (Wildman–Crippen LogP) is 12.9. The van der Waals surface area contributed by atoms with Gasteiger partial charge in [0.2, 0.25) is 23.6 Å². The zero-order valence-electron chi connectivity index (χ0n) is 61.5. The molecule has 8 heterocycles. The lowest BCUT2D eigenvalue weighted by molar-refractivity contribution is -0.135. The van der Waals surface area contributed by atoms with Crippen molar-refractivity contribution in [3.05, 3.63) is 174 Å². The van der Waals surface area contributed by atoms with Crippen LogP contribution in [0.5, 0.6) is 11.5 Å². The van der Waals surface area contributed by atoms with E-state index >= 15 is 4.39 Å². The quantitative estimate of drug-likeness (QED) is 0.0520. The number of piperidine rings is 6. The van der Waals surface area contributed by atoms with Crippen LogP contribution >= 0.6 is 34.8 Å². The van der Waals surface area contributed by atoms with Gasteiger partial charge in [0.25, 0.3) is 11.1 Å². The number of halogens is 5. The number of carbonyl (C=O) groups is 6. The highest BCUT2D eigenvalue weighted by Gasteiger charge is 2.34. The number of pyridine rings is 2. The van der Waals surface area contributed by atoms with Crippen molar-refractivity contribution in [2.45, 2.75) is 109 Å². The molecule has 0 aliphatic carbocycles. The number of aromatic nitrogens is 2. The first-order valence-electron chi connectivity index (χ1n) is 37.4. The second kappa shape index (κ2) is 33.7. The summed E-state index contributed by atoms with van der Waals surface area (Å²) in [5.41, 5.74) is 8.34. The van der Waals surface area contributed by atoms with Crippen molar-refractivity contribution in [3.8, 4) is 33.8 Å². The summed E-state index contributed by atoms with van der Waals surface area (Å²) in [6.45, 7) is 9.00. The fourth-order valence-corrected chi connectivity index (χ4v) is 17.3. The Morgan fingerprint density at radius 3 is 1.38 bits per heavy atom. The average molecular weight is 1530 g/mol. The maximum atomic E-state index is 15.9. The molecule has 568 valence electrons. The van der Waals surface area contributed by atoms with E-state index in [0.717, 1.165) is 161 Å². The second-order valence-corrected chi connectivity index (χ2v) is 31.1. The number of aryl methyl sites for hydroxylation is 3. The molecule has 0 saturated carbocycles. The van der Waals surface area contributed by atoms with Gasteiger partial charge in [0, 0.05) is 127 Å². The Bertz CT molecular complexity index is 4620. The molecule has 25 heteroatoms. The first-order chi connectivity index (χ1) is 51.9. The number of anilines is 4. The lowest BCUT2D eigenvalue weighted by Crippen LogP contribution is -2.47. The SMILES string of the molecule is COc1cc(-c2cn(C)c(=O)c3ccc(C)cc23)cc(F)c1CC1CCN(CC(=O)C2CCN(c3ccc(NC4CCC(=O)NC4=O)cc3Cl)CC2)CC1.COc1cc(-c2cn(C)c(=O)c3ccc(F)cc23)cc(Cl)c1CC1CCN(CC(=O)C2CCN(c3ccc(NC4CCC(=O)NC4=O)cc3Cl)CC2)CC1. The molecule has 6 aliphatic rings. The first kappa shape index (κ1) is 77.0. The number of hydrogen-bond donors (Lipinski definition) is 4. The van der Waals surface area contributed by atoms with Gasteiger partial charge < -0.3 is 39.0 Å². The van der Waals surface area contributed by atoms with E-state index in [2.05, 4.69) is 40.9 Å². The van der Waals surface area contributed by atoms with Crippen LogP contribution in [0.3, 0.4) is 0 Å². The van der Waals surface area contributed by atoms with E-state index in [-0.39, 0.29) is 69.9 Å². The molecule has 0 spiro atoms. The van der Waals surface area contributed by atoms with Crippen molar-refractivity contribution < 1.29 is 47.0 Å². The maximum absolute atomic E-state index is 15.9. The number of amides is 4. The minimum atomic E-state index is -0.479. The van der Waals surface area contributed by atoms with Gasteiger partial charge in [0.05, 0.1) is 48.7 Å². The number of hydrogen-bond acceptors (Lipinski definition) is 16. The molecular weight excluding hydrogens is 1440 g/mol. The molecule has 2 atom stereocenters. The monoisotopic (exact) mass is 1530 g/mol. The lowest BCUT2D eigenvalue weighted by Gasteiger charge is -2.36. The third kappa shape index (κ3) is 17.6. The van der Waals surface area contributed by atoms with E-state index < -0.39 is 17.9 Å². The smallest absolute Gasteiger partial charge is 0.258 e. The molecule has 20 nitrogen and oxygen atoms in total. The number of Topliss-reactive ketones (excluding diaryl/α,β-unsaturated/α-hetero) is 2. The number of ketones is 2. The first-order valence-corrected chi connectivity index (χ1v) is 38.5. The summed E-state index contributed by atoms with van der Waals surface area (Å²) in [5.74, 6) is 0.465. The van der Waals surface area contributed by atoms with Crippen LogP contribution in [0.2, 0.25) is 15.1 Å². The number of carbonyl (C=O) groups excluding carboxylic acids is 6. The fraction of sp³-hybridized carbons (Fsp3) is 0.422. The minimum absolute atomic E-state index is 0.00356. The Morgan fingerprint density at radius 2 is 0.926 bits per heavy atom. The molecule has 108 heavy (non-hydrogen) atoms. The van der Waals surface area contributed by atoms with Gasteiger partial charge in [-0.2, -0.15) is 0 Å². The third-order valence-corrected chi connectivity index (χ3v) is 23.6. The number of nitrogens with zero attached hydrogens (tertiary/aromatic N) is 6. The summed E-state index contributed by atoms with van der Waals surface area (Å²) in [6.07, 6.45) is 12.9. The molecule has 6 saturated heterocycles. The van der Waals surface area contributed by atoms with E-state index in [4.69, 9.17) is 44.3 Å². The number of ether oxygens (including phenoxy) is 2. The molecule has 4 N–H and O–H groups in total. The zero-order chi connectivity index (χ0) is 76.2. The second-order valence-electron chi connectivity index (χ2n) is 29.9. The van der Waals surface area contributed by atoms with Crippen molar-refractivity contribution in [2.75, 3.05) is 100 Å². The molecule has 6 aromatic carbocycles. The number of methoxy groups -OCH3 is 2. The summed E-state index contributed by atoms with van der Waals surface area (Å²) in [6, 6.07) is 27.4. The van der Waals surface area contributed by atoms with Crippen LogP contribution in [0.4, 0.5) is 31.5 Å². The highest BCUT2D eigenvalue weighted by molar-refractivity contribution is 6.34. The van der Waals surface area contributed by atoms with Crippen LogP contribution in [-0.2, 0) is 55.7 Å². The number of likely N-dealkylation sites (tertiary alicyclic amines) is 2. The highest BCUT2D eigenvalue weighted by atomic mass is 35.5. The van der Waals surface area contributed by atoms with Gasteiger partial charge in [-0.25, -0.2) is 8.78 Å². The molecule has 14 rings (SSSR count). The van der Waals surface area contributed by atoms with E-state index in [1.54, 1.807) is 58.9 Å². The number of fused-ring (bicyclic) bond motifs is 2. The molecule has 8 aromatic rings. The van der Waals surface area contributed by atoms with E-state index in [1.807, 2.05) is 67.6 Å². The molecule has 6 aliphatic heterocycles. The van der Waals surface area contributed by atoms with E-state index in [9.17, 15) is 42.7 Å². The van der Waals surface area contributed by atoms with Crippen molar-refractivity contribution >= 4 is 114 Å². The number of rotatable bonds is 20. The Morgan fingerprint density at radius 1 is 0.491 bits per heavy atom. The Kier molecular flexibility index (Phi) is 24.1. The van der Waals surface area contributed by atoms with Crippen LogP contribution in [0, 0.1) is 42.2 Å². The van der Waals surface area contributed by atoms with E-state index in [1.165, 1.54) is 27.3 Å². The van der Waals surface area contributed by atoms with Gasteiger partial charge in [-0.1, -0.05) is 52.5 Å². The third-order valence-electron chi connectivity index (χ3n) is 22.7. The van der Waals surface area contributed by atoms with Crippen molar-refractivity contribution in [3.63, 3.8) is 0 Å². The van der Waals surface area contributed by atoms with Crippen LogP contribution in [-0.4, -0.2) is 146 Å². The van der Waals surface area contributed by atoms with Gasteiger partial charge in [0.1, 0.15) is 46.8 Å². The summed E-state index contributed by atoms with van der Waals surface area (Å²) < 4.78 is 44.8. The summed E-state index contributed by atoms with van der Waals surface area (Å²) in [4.78, 5) is 109. The number of imide groups is 2. The summed E-state index contributed by atoms with van der Waals surface area (Å²) in [7, 11) is 6.57. The molecular formula is C83H91Cl3F2N10O10. The largest absolute Gasteiger partial charge is 0.496 e. The molecule has 0 radical (unpaired) electrons. The van der Waals surface area contributed by atoms with Crippen molar-refractivity contribution in [2.24, 2.45) is 37.8 Å². The Hall–Kier alpha value is -9.19. The molecule has 0 bridgehead atoms. The topological polar surface area (TPSA) is 226 Å². The van der Waals surface area contributed by atoms with Gasteiger partial charge in [-0.15, -0.1) is 0 Å². The van der Waals surface area contributed by atoms with Gasteiger partial charge in [-0.3, -0.25) is 58.8 Å². The van der Waals surface area contributed by atoms with Crippen LogP contribution < -0.4 is 51.7 Å². The number of benzene rings is 6. The normalized spacial score (nSPS) is 18.9. The highest BCUT2D eigenvalue weighted by Crippen LogP contribution is 2.42. The average Bonchev–Trinajstić information content (AvgIpc) is 0.768. The van der Waals surface area contributed by atoms with Gasteiger partial charge in [-0.05, 0) is 229 Å². The summed E-state index contributed by atoms with van der Waals surface area (Å²) >= 11 is 20.3. The molecule has 2 aromatic heterocycles. The Labute approximate surface area is 641 Å². The predicted molar refractivity (Wildman–Crippen MR) is 420 cm³/mol.